The van der Waals surface area contributed by atoms with Crippen molar-refractivity contribution in [2.75, 3.05) is 6.61 Å². The monoisotopic (exact) mass is 366 g/mol. The third-order valence-corrected chi connectivity index (χ3v) is 3.93. The molecule has 10 heteroatoms. The molecule has 1 aromatic rings. The van der Waals surface area contributed by atoms with Gasteiger partial charge in [0.15, 0.2) is 0 Å². The standard InChI is InChI=1S/C14H14ClF3N2O4/c1-2-24-11(21)9-10(7-5-3-4-6-8(7)15)19-12(22)20-13(9,23)14(16,17)18/h3-6,9-10,23H,2H2,1H3,(H2,19,20,22)/t9-,10-,13+/m0/s1. The highest BCUT2D eigenvalue weighted by Crippen LogP contribution is 2.44. The molecule has 3 N–H and O–H groups in total. The number of carbonyl (C=O) groups is 2. The van der Waals surface area contributed by atoms with Gasteiger partial charge in [0.2, 0.25) is 0 Å². The van der Waals surface area contributed by atoms with Gasteiger partial charge in [0, 0.05) is 5.02 Å². The first-order valence-electron chi connectivity index (χ1n) is 6.90. The maximum atomic E-state index is 13.4. The first kappa shape index (κ1) is 18.3. The molecule has 0 spiro atoms. The number of alkyl halides is 3. The highest BCUT2D eigenvalue weighted by Gasteiger charge is 2.67. The predicted molar refractivity (Wildman–Crippen MR) is 77.0 cm³/mol. The Kier molecular flexibility index (Phi) is 4.95. The summed E-state index contributed by atoms with van der Waals surface area (Å²) in [5.74, 6) is -3.51. The second-order valence-electron chi connectivity index (χ2n) is 5.09. The number of aliphatic hydroxyl groups is 1. The van der Waals surface area contributed by atoms with Gasteiger partial charge in [-0.2, -0.15) is 13.2 Å². The Morgan fingerprint density at radius 1 is 1.42 bits per heavy atom. The fraction of sp³-hybridized carbons (Fsp3) is 0.429. The molecule has 0 bridgehead atoms. The largest absolute Gasteiger partial charge is 0.466 e. The van der Waals surface area contributed by atoms with Crippen molar-refractivity contribution in [1.82, 2.24) is 10.6 Å². The van der Waals surface area contributed by atoms with Gasteiger partial charge in [0.1, 0.15) is 5.92 Å². The van der Waals surface area contributed by atoms with E-state index >= 15 is 0 Å². The number of rotatable bonds is 3. The Morgan fingerprint density at radius 3 is 2.58 bits per heavy atom. The average Bonchev–Trinajstić information content (AvgIpc) is 2.45. The maximum absolute atomic E-state index is 13.4. The lowest BCUT2D eigenvalue weighted by molar-refractivity contribution is -0.294. The van der Waals surface area contributed by atoms with Gasteiger partial charge in [-0.1, -0.05) is 29.8 Å². The number of carbonyl (C=O) groups excluding carboxylic acids is 2. The summed E-state index contributed by atoms with van der Waals surface area (Å²) in [4.78, 5) is 23.8. The Morgan fingerprint density at radius 2 is 2.04 bits per heavy atom. The Balaban J connectivity index is 2.60. The quantitative estimate of drug-likeness (QED) is 0.715. The molecule has 0 saturated carbocycles. The molecule has 1 heterocycles. The Hall–Kier alpha value is -2.00. The van der Waals surface area contributed by atoms with E-state index in [4.69, 9.17) is 11.6 Å². The van der Waals surface area contributed by atoms with Crippen LogP contribution >= 0.6 is 11.6 Å². The van der Waals surface area contributed by atoms with Crippen molar-refractivity contribution in [3.05, 3.63) is 34.9 Å². The van der Waals surface area contributed by atoms with Crippen molar-refractivity contribution in [1.29, 1.82) is 0 Å². The summed E-state index contributed by atoms with van der Waals surface area (Å²) >= 11 is 5.97. The summed E-state index contributed by atoms with van der Waals surface area (Å²) in [6, 6.07) is 2.92. The van der Waals surface area contributed by atoms with Crippen LogP contribution < -0.4 is 10.6 Å². The van der Waals surface area contributed by atoms with Gasteiger partial charge in [-0.05, 0) is 18.6 Å². The van der Waals surface area contributed by atoms with Crippen molar-refractivity contribution in [3.63, 3.8) is 0 Å². The second kappa shape index (κ2) is 6.48. The minimum atomic E-state index is -5.32. The lowest BCUT2D eigenvalue weighted by Crippen LogP contribution is -2.73. The normalized spacial score (nSPS) is 27.2. The molecule has 0 unspecified atom stereocenters. The molecule has 1 aliphatic rings. The summed E-state index contributed by atoms with van der Waals surface area (Å²) < 4.78 is 44.9. The summed E-state index contributed by atoms with van der Waals surface area (Å²) in [5.41, 5.74) is -3.75. The van der Waals surface area contributed by atoms with Crippen molar-refractivity contribution in [3.8, 4) is 0 Å². The molecule has 0 aromatic heterocycles. The highest BCUT2D eigenvalue weighted by atomic mass is 35.5. The third kappa shape index (κ3) is 3.13. The van der Waals surface area contributed by atoms with Crippen molar-refractivity contribution >= 4 is 23.6 Å². The smallest absolute Gasteiger partial charge is 0.437 e. The number of benzene rings is 1. The van der Waals surface area contributed by atoms with E-state index in [1.165, 1.54) is 36.5 Å². The number of esters is 1. The number of halogens is 4. The van der Waals surface area contributed by atoms with Gasteiger partial charge < -0.3 is 20.5 Å². The van der Waals surface area contributed by atoms with Crippen LogP contribution in [0.2, 0.25) is 5.02 Å². The van der Waals surface area contributed by atoms with E-state index in [0.29, 0.717) is 0 Å². The van der Waals surface area contributed by atoms with Crippen molar-refractivity contribution in [2.24, 2.45) is 5.92 Å². The Bertz CT molecular complexity index is 655. The molecule has 6 nitrogen and oxygen atoms in total. The molecule has 2 amide bonds. The van der Waals surface area contributed by atoms with Crippen LogP contribution in [0, 0.1) is 5.92 Å². The first-order valence-corrected chi connectivity index (χ1v) is 7.28. The summed E-state index contributed by atoms with van der Waals surface area (Å²) in [7, 11) is 0. The molecular weight excluding hydrogens is 353 g/mol. The minimum Gasteiger partial charge on any atom is -0.466 e. The van der Waals surface area contributed by atoms with Crippen LogP contribution in [0.3, 0.4) is 0 Å². The predicted octanol–water partition coefficient (Wildman–Crippen LogP) is 2.12. The van der Waals surface area contributed by atoms with Gasteiger partial charge in [-0.15, -0.1) is 0 Å². The van der Waals surface area contributed by atoms with E-state index in [1.807, 2.05) is 0 Å². The van der Waals surface area contributed by atoms with Crippen LogP contribution in [-0.4, -0.2) is 35.6 Å². The Labute approximate surface area is 139 Å². The van der Waals surface area contributed by atoms with E-state index in [0.717, 1.165) is 0 Å². The summed E-state index contributed by atoms with van der Waals surface area (Å²) in [6.45, 7) is 1.20. The van der Waals surface area contributed by atoms with Crippen molar-refractivity contribution < 1.29 is 32.6 Å². The van der Waals surface area contributed by atoms with E-state index in [1.54, 1.807) is 0 Å². The zero-order valence-electron chi connectivity index (χ0n) is 12.4. The van der Waals surface area contributed by atoms with E-state index in [-0.39, 0.29) is 17.2 Å². The topological polar surface area (TPSA) is 87.7 Å². The van der Waals surface area contributed by atoms with Crippen LogP contribution in [0.5, 0.6) is 0 Å². The van der Waals surface area contributed by atoms with Gasteiger partial charge in [0.25, 0.3) is 5.72 Å². The summed E-state index contributed by atoms with van der Waals surface area (Å²) in [5, 5.41) is 13.7. The fourth-order valence-corrected chi connectivity index (χ4v) is 2.78. The second-order valence-corrected chi connectivity index (χ2v) is 5.50. The lowest BCUT2D eigenvalue weighted by Gasteiger charge is -2.44. The molecule has 132 valence electrons. The number of amides is 2. The van der Waals surface area contributed by atoms with Gasteiger partial charge in [-0.3, -0.25) is 4.79 Å². The number of urea groups is 1. The van der Waals surface area contributed by atoms with Crippen LogP contribution in [-0.2, 0) is 9.53 Å². The van der Waals surface area contributed by atoms with Gasteiger partial charge >= 0.3 is 18.2 Å². The number of hydrogen-bond donors (Lipinski definition) is 3. The zero-order chi connectivity index (χ0) is 18.1. The molecule has 1 fully saturated rings. The van der Waals surface area contributed by atoms with Crippen LogP contribution in [0.4, 0.5) is 18.0 Å². The van der Waals surface area contributed by atoms with Crippen LogP contribution in [0.1, 0.15) is 18.5 Å². The molecule has 3 atom stereocenters. The maximum Gasteiger partial charge on any atom is 0.437 e. The highest BCUT2D eigenvalue weighted by molar-refractivity contribution is 6.31. The lowest BCUT2D eigenvalue weighted by atomic mass is 9.82. The van der Waals surface area contributed by atoms with Crippen LogP contribution in [0.25, 0.3) is 0 Å². The molecule has 24 heavy (non-hydrogen) atoms. The molecule has 1 saturated heterocycles. The van der Waals surface area contributed by atoms with Gasteiger partial charge in [-0.25, -0.2) is 4.79 Å². The molecular formula is C14H14ClF3N2O4. The number of nitrogens with one attached hydrogen (secondary N) is 2. The average molecular weight is 367 g/mol. The third-order valence-electron chi connectivity index (χ3n) is 3.59. The first-order chi connectivity index (χ1) is 11.1. The zero-order valence-corrected chi connectivity index (χ0v) is 13.1. The van der Waals surface area contributed by atoms with E-state index in [9.17, 15) is 27.9 Å². The van der Waals surface area contributed by atoms with Crippen molar-refractivity contribution in [2.45, 2.75) is 24.9 Å². The SMILES string of the molecule is CCOC(=O)[C@@H]1[C@H](c2ccccc2Cl)NC(=O)N[C@]1(O)C(F)(F)F. The number of ether oxygens (including phenoxy) is 1. The fourth-order valence-electron chi connectivity index (χ4n) is 2.52. The molecule has 0 aliphatic carbocycles. The van der Waals surface area contributed by atoms with Crippen LogP contribution in [0.15, 0.2) is 24.3 Å². The minimum absolute atomic E-state index is 0.0310. The number of hydrogen-bond acceptors (Lipinski definition) is 4. The van der Waals surface area contributed by atoms with E-state index in [2.05, 4.69) is 10.1 Å². The van der Waals surface area contributed by atoms with E-state index < -0.39 is 35.9 Å². The molecule has 0 radical (unpaired) electrons. The molecule has 1 aliphatic heterocycles. The summed E-state index contributed by atoms with van der Waals surface area (Å²) in [6.07, 6.45) is -5.32. The molecule has 2 rings (SSSR count). The van der Waals surface area contributed by atoms with Gasteiger partial charge in [0.05, 0.1) is 12.6 Å². The molecule has 1 aromatic carbocycles.